The molecule has 0 aliphatic heterocycles. The Bertz CT molecular complexity index is 1290. The molecule has 0 saturated carbocycles. The zero-order valence-electron chi connectivity index (χ0n) is 17.1. The van der Waals surface area contributed by atoms with E-state index in [9.17, 15) is 19.5 Å². The summed E-state index contributed by atoms with van der Waals surface area (Å²) in [6, 6.07) is 7.57. The van der Waals surface area contributed by atoms with Gasteiger partial charge in [-0.1, -0.05) is 29.3 Å². The molecule has 3 aromatic rings. The minimum absolute atomic E-state index is 0.0296. The van der Waals surface area contributed by atoms with Crippen molar-refractivity contribution in [2.45, 2.75) is 20.1 Å². The molecule has 2 aromatic heterocycles. The molecule has 1 N–H and O–H groups in total. The third-order valence-corrected chi connectivity index (χ3v) is 5.71. The highest BCUT2D eigenvalue weighted by atomic mass is 35.5. The summed E-state index contributed by atoms with van der Waals surface area (Å²) in [6.45, 7) is 2.19. The molecule has 0 spiro atoms. The van der Waals surface area contributed by atoms with Crippen molar-refractivity contribution in [3.63, 3.8) is 0 Å². The fourth-order valence-corrected chi connectivity index (χ4v) is 3.85. The number of nitrogens with zero attached hydrogens (tertiary/aromatic N) is 2. The normalized spacial score (nSPS) is 11.0. The number of ether oxygens (including phenoxy) is 1. The number of benzene rings is 1. The molecule has 0 amide bonds. The maximum atomic E-state index is 13.5. The van der Waals surface area contributed by atoms with Crippen molar-refractivity contribution >= 4 is 29.2 Å². The second-order valence-electron chi connectivity index (χ2n) is 6.85. The van der Waals surface area contributed by atoms with Crippen LogP contribution in [0.2, 0.25) is 10.0 Å². The molecule has 7 nitrogen and oxygen atoms in total. The maximum Gasteiger partial charge on any atom is 0.341 e. The second-order valence-corrected chi connectivity index (χ2v) is 7.66. The Morgan fingerprint density at radius 2 is 1.81 bits per heavy atom. The first-order chi connectivity index (χ1) is 14.7. The Hall–Kier alpha value is -2.87. The Morgan fingerprint density at radius 3 is 2.35 bits per heavy atom. The summed E-state index contributed by atoms with van der Waals surface area (Å²) in [6.07, 6.45) is 1.53. The average molecular weight is 463 g/mol. The molecular weight excluding hydrogens is 443 g/mol. The zero-order chi connectivity index (χ0) is 22.9. The molecule has 0 bridgehead atoms. The molecule has 0 saturated heterocycles. The molecular formula is C22H20Cl2N2O5. The quantitative estimate of drug-likeness (QED) is 0.596. The van der Waals surface area contributed by atoms with Gasteiger partial charge in [-0.15, -0.1) is 0 Å². The number of carboxylic acid groups (broad SMARTS) is 1. The van der Waals surface area contributed by atoms with Gasteiger partial charge in [0.25, 0.3) is 5.56 Å². The summed E-state index contributed by atoms with van der Waals surface area (Å²) < 4.78 is 8.39. The summed E-state index contributed by atoms with van der Waals surface area (Å²) in [5, 5.41) is 10.5. The molecule has 0 atom stereocenters. The van der Waals surface area contributed by atoms with Gasteiger partial charge in [-0.05, 0) is 30.7 Å². The van der Waals surface area contributed by atoms with Crippen LogP contribution in [0, 0.1) is 0 Å². The highest BCUT2D eigenvalue weighted by molar-refractivity contribution is 6.42. The number of halogens is 2. The summed E-state index contributed by atoms with van der Waals surface area (Å²) >= 11 is 12.2. The van der Waals surface area contributed by atoms with E-state index < -0.39 is 17.0 Å². The van der Waals surface area contributed by atoms with Gasteiger partial charge in [0.2, 0.25) is 5.43 Å². The largest absolute Gasteiger partial charge is 0.477 e. The number of aromatic carboxylic acids is 1. The molecule has 2 heterocycles. The van der Waals surface area contributed by atoms with Crippen LogP contribution < -0.4 is 11.0 Å². The lowest BCUT2D eigenvalue weighted by Gasteiger charge is -2.23. The van der Waals surface area contributed by atoms with E-state index in [2.05, 4.69) is 0 Å². The number of carbonyl (C=O) groups is 1. The first-order valence-corrected chi connectivity index (χ1v) is 10.1. The van der Waals surface area contributed by atoms with E-state index in [1.165, 1.54) is 30.0 Å². The van der Waals surface area contributed by atoms with Crippen LogP contribution >= 0.6 is 23.2 Å². The third-order valence-electron chi connectivity index (χ3n) is 4.97. The van der Waals surface area contributed by atoms with Crippen LogP contribution in [0.3, 0.4) is 0 Å². The predicted octanol–water partition coefficient (Wildman–Crippen LogP) is 4.05. The Kier molecular flexibility index (Phi) is 6.69. The number of methoxy groups -OCH3 is 1. The maximum absolute atomic E-state index is 13.5. The Labute approximate surface area is 188 Å². The summed E-state index contributed by atoms with van der Waals surface area (Å²) in [4.78, 5) is 37.9. The van der Waals surface area contributed by atoms with Crippen LogP contribution in [0.15, 0.2) is 46.1 Å². The minimum Gasteiger partial charge on any atom is -0.477 e. The molecule has 0 fully saturated rings. The van der Waals surface area contributed by atoms with Gasteiger partial charge in [0.1, 0.15) is 5.56 Å². The lowest BCUT2D eigenvalue weighted by molar-refractivity contribution is 0.0695. The molecule has 162 valence electrons. The third kappa shape index (κ3) is 4.17. The number of carboxylic acids is 1. The van der Waals surface area contributed by atoms with E-state index in [0.717, 1.165) is 0 Å². The first kappa shape index (κ1) is 22.8. The van der Waals surface area contributed by atoms with Crippen molar-refractivity contribution in [3.05, 3.63) is 78.4 Å². The van der Waals surface area contributed by atoms with Crippen LogP contribution in [0.25, 0.3) is 22.4 Å². The predicted molar refractivity (Wildman–Crippen MR) is 120 cm³/mol. The highest BCUT2D eigenvalue weighted by Gasteiger charge is 2.27. The van der Waals surface area contributed by atoms with E-state index in [4.69, 9.17) is 27.9 Å². The van der Waals surface area contributed by atoms with Crippen molar-refractivity contribution in [3.8, 4) is 22.4 Å². The molecule has 3 rings (SSSR count). The lowest BCUT2D eigenvalue weighted by Crippen LogP contribution is -2.27. The second kappa shape index (κ2) is 9.09. The number of hydrogen-bond acceptors (Lipinski definition) is 4. The molecule has 1 aromatic carbocycles. The molecule has 0 aliphatic carbocycles. The van der Waals surface area contributed by atoms with E-state index in [-0.39, 0.29) is 28.4 Å². The van der Waals surface area contributed by atoms with E-state index >= 15 is 0 Å². The SMILES string of the molecule is CCn1c(COC)c(-c2ccn(C)c(=O)c2)c(=O)c(C(=O)O)c1-c1ccc(Cl)c(Cl)c1. The molecule has 31 heavy (non-hydrogen) atoms. The summed E-state index contributed by atoms with van der Waals surface area (Å²) in [7, 11) is 3.06. The fraction of sp³-hybridized carbons (Fsp3) is 0.227. The van der Waals surface area contributed by atoms with Crippen molar-refractivity contribution < 1.29 is 14.6 Å². The van der Waals surface area contributed by atoms with Crippen LogP contribution in [-0.4, -0.2) is 27.3 Å². The Balaban J connectivity index is 2.52. The van der Waals surface area contributed by atoms with Crippen molar-refractivity contribution in [1.29, 1.82) is 0 Å². The van der Waals surface area contributed by atoms with E-state index in [1.54, 1.807) is 29.8 Å². The van der Waals surface area contributed by atoms with Gasteiger partial charge in [0.05, 0.1) is 33.6 Å². The van der Waals surface area contributed by atoms with Gasteiger partial charge in [0.15, 0.2) is 0 Å². The van der Waals surface area contributed by atoms with Gasteiger partial charge in [-0.25, -0.2) is 4.79 Å². The number of aromatic nitrogens is 2. The number of aryl methyl sites for hydroxylation is 1. The number of rotatable bonds is 6. The number of hydrogen-bond donors (Lipinski definition) is 1. The minimum atomic E-state index is -1.39. The molecule has 0 unspecified atom stereocenters. The lowest BCUT2D eigenvalue weighted by atomic mass is 9.96. The zero-order valence-corrected chi connectivity index (χ0v) is 18.6. The monoisotopic (exact) mass is 462 g/mol. The van der Waals surface area contributed by atoms with Crippen LogP contribution in [-0.2, 0) is 24.9 Å². The summed E-state index contributed by atoms with van der Waals surface area (Å²) in [5.41, 5.74) is 0.0578. The summed E-state index contributed by atoms with van der Waals surface area (Å²) in [5.74, 6) is -1.39. The number of pyridine rings is 2. The van der Waals surface area contributed by atoms with Gasteiger partial charge >= 0.3 is 5.97 Å². The smallest absolute Gasteiger partial charge is 0.341 e. The van der Waals surface area contributed by atoms with Gasteiger partial charge < -0.3 is 19.0 Å². The van der Waals surface area contributed by atoms with Gasteiger partial charge in [0, 0.05) is 38.5 Å². The van der Waals surface area contributed by atoms with Crippen LogP contribution in [0.4, 0.5) is 0 Å². The van der Waals surface area contributed by atoms with Crippen LogP contribution in [0.1, 0.15) is 23.0 Å². The van der Waals surface area contributed by atoms with E-state index in [0.29, 0.717) is 28.4 Å². The topological polar surface area (TPSA) is 90.5 Å². The highest BCUT2D eigenvalue weighted by Crippen LogP contribution is 2.33. The van der Waals surface area contributed by atoms with Crippen molar-refractivity contribution in [1.82, 2.24) is 9.13 Å². The van der Waals surface area contributed by atoms with Crippen LogP contribution in [0.5, 0.6) is 0 Å². The molecule has 0 radical (unpaired) electrons. The Morgan fingerprint density at radius 1 is 1.10 bits per heavy atom. The molecule has 0 aliphatic rings. The fourth-order valence-electron chi connectivity index (χ4n) is 3.55. The van der Waals surface area contributed by atoms with E-state index in [1.807, 2.05) is 6.92 Å². The van der Waals surface area contributed by atoms with Crippen molar-refractivity contribution in [2.75, 3.05) is 7.11 Å². The average Bonchev–Trinajstić information content (AvgIpc) is 2.72. The standard InChI is InChI=1S/C22H20Cl2N2O5/c1-4-26-16(11-31-3)18(12-7-8-25(2)17(27)10-12)21(28)19(22(29)30)20(26)13-5-6-14(23)15(24)9-13/h5-10H,4,11H2,1-3H3,(H,29,30). The van der Waals surface area contributed by atoms with Gasteiger partial charge in [-0.2, -0.15) is 0 Å². The van der Waals surface area contributed by atoms with Crippen molar-refractivity contribution in [2.24, 2.45) is 7.05 Å². The van der Waals surface area contributed by atoms with Gasteiger partial charge in [-0.3, -0.25) is 9.59 Å². The molecule has 9 heteroatoms. The first-order valence-electron chi connectivity index (χ1n) is 9.35.